The van der Waals surface area contributed by atoms with Gasteiger partial charge >= 0.3 is 0 Å². The molecule has 152 valence electrons. The summed E-state index contributed by atoms with van der Waals surface area (Å²) in [6.45, 7) is 2.74. The summed E-state index contributed by atoms with van der Waals surface area (Å²) in [6, 6.07) is 11.2. The molecule has 0 atom stereocenters. The van der Waals surface area contributed by atoms with E-state index in [1.807, 2.05) is 35.8 Å². The van der Waals surface area contributed by atoms with Crippen LogP contribution in [0.4, 0.5) is 5.82 Å². The zero-order valence-corrected chi connectivity index (χ0v) is 17.4. The molecule has 3 rings (SSSR count). The summed E-state index contributed by atoms with van der Waals surface area (Å²) in [5.74, 6) is 2.81. The Labute approximate surface area is 173 Å². The van der Waals surface area contributed by atoms with Crippen molar-refractivity contribution in [1.29, 1.82) is 0 Å². The number of nitrogens with one attached hydrogen (secondary N) is 1. The Kier molecular flexibility index (Phi) is 7.07. The zero-order chi connectivity index (χ0) is 20.6. The molecule has 2 aromatic heterocycles. The number of ether oxygens (including phenoxy) is 2. The number of carbonyl (C=O) groups is 1. The highest BCUT2D eigenvalue weighted by Gasteiger charge is 2.15. The second kappa shape index (κ2) is 9.92. The molecule has 0 bridgehead atoms. The Hall–Kier alpha value is -3.07. The number of aromatic nitrogens is 4. The van der Waals surface area contributed by atoms with Crippen LogP contribution in [0.2, 0.25) is 0 Å². The number of anilines is 1. The van der Waals surface area contributed by atoms with E-state index in [2.05, 4.69) is 20.5 Å². The Morgan fingerprint density at radius 3 is 2.66 bits per heavy atom. The maximum Gasteiger partial charge on any atom is 0.236 e. The maximum absolute atomic E-state index is 12.2. The highest BCUT2D eigenvalue weighted by Crippen LogP contribution is 2.28. The first-order chi connectivity index (χ1) is 14.1. The van der Waals surface area contributed by atoms with Crippen molar-refractivity contribution in [2.45, 2.75) is 25.0 Å². The number of rotatable bonds is 9. The molecule has 1 N–H and O–H groups in total. The standard InChI is InChI=1S/C20H23N5O3S/c1-4-25-18(12-14-8-9-15(27-2)16(11-14)28-3)23-24-20(25)29-13-19(26)22-17-7-5-6-10-21-17/h5-11H,4,12-13H2,1-3H3,(H,21,22,26). The van der Waals surface area contributed by atoms with Gasteiger partial charge < -0.3 is 19.4 Å². The molecule has 3 aromatic rings. The van der Waals surface area contributed by atoms with Crippen molar-refractivity contribution in [1.82, 2.24) is 19.7 Å². The third-order valence-corrected chi connectivity index (χ3v) is 5.15. The molecule has 9 heteroatoms. The summed E-state index contributed by atoms with van der Waals surface area (Å²) in [6.07, 6.45) is 2.23. The third-order valence-electron chi connectivity index (χ3n) is 4.18. The van der Waals surface area contributed by atoms with Crippen molar-refractivity contribution in [3.8, 4) is 11.5 Å². The van der Waals surface area contributed by atoms with Crippen molar-refractivity contribution < 1.29 is 14.3 Å². The summed E-state index contributed by atoms with van der Waals surface area (Å²) in [5, 5.41) is 12.1. The lowest BCUT2D eigenvalue weighted by Gasteiger charge is -2.10. The zero-order valence-electron chi connectivity index (χ0n) is 16.6. The molecule has 0 radical (unpaired) electrons. The summed E-state index contributed by atoms with van der Waals surface area (Å²) < 4.78 is 12.7. The number of hydrogen-bond donors (Lipinski definition) is 1. The van der Waals surface area contributed by atoms with Gasteiger partial charge in [-0.1, -0.05) is 23.9 Å². The molecule has 0 saturated heterocycles. The van der Waals surface area contributed by atoms with Crippen LogP contribution >= 0.6 is 11.8 Å². The summed E-state index contributed by atoms with van der Waals surface area (Å²) in [5.41, 5.74) is 1.04. The van der Waals surface area contributed by atoms with E-state index >= 15 is 0 Å². The summed E-state index contributed by atoms with van der Waals surface area (Å²) >= 11 is 1.35. The number of pyridine rings is 1. The summed E-state index contributed by atoms with van der Waals surface area (Å²) in [7, 11) is 3.22. The second-order valence-corrected chi connectivity index (χ2v) is 7.00. The number of hydrogen-bond acceptors (Lipinski definition) is 7. The van der Waals surface area contributed by atoms with E-state index in [0.29, 0.717) is 35.4 Å². The van der Waals surface area contributed by atoms with Crippen LogP contribution in [0.3, 0.4) is 0 Å². The van der Waals surface area contributed by atoms with Crippen LogP contribution in [0.15, 0.2) is 47.8 Å². The van der Waals surface area contributed by atoms with Crippen LogP contribution in [0.1, 0.15) is 18.3 Å². The Bertz CT molecular complexity index is 962. The molecule has 29 heavy (non-hydrogen) atoms. The highest BCUT2D eigenvalue weighted by molar-refractivity contribution is 7.99. The fraction of sp³-hybridized carbons (Fsp3) is 0.300. The molecule has 0 saturated carbocycles. The number of nitrogens with zero attached hydrogens (tertiary/aromatic N) is 4. The van der Waals surface area contributed by atoms with Crippen molar-refractivity contribution >= 4 is 23.5 Å². The van der Waals surface area contributed by atoms with Crippen molar-refractivity contribution in [2.24, 2.45) is 0 Å². The Morgan fingerprint density at radius 2 is 1.97 bits per heavy atom. The Morgan fingerprint density at radius 1 is 1.14 bits per heavy atom. The van der Waals surface area contributed by atoms with E-state index in [9.17, 15) is 4.79 Å². The molecule has 0 fully saturated rings. The molecule has 0 aliphatic heterocycles. The van der Waals surface area contributed by atoms with Gasteiger partial charge in [-0.15, -0.1) is 10.2 Å². The first kappa shape index (κ1) is 20.7. The lowest BCUT2D eigenvalue weighted by atomic mass is 10.1. The van der Waals surface area contributed by atoms with Gasteiger partial charge in [-0.05, 0) is 36.8 Å². The molecule has 0 unspecified atom stereocenters. The second-order valence-electron chi connectivity index (χ2n) is 6.06. The van der Waals surface area contributed by atoms with Gasteiger partial charge in [0.15, 0.2) is 16.7 Å². The van der Waals surface area contributed by atoms with Gasteiger partial charge in [-0.3, -0.25) is 4.79 Å². The Balaban J connectivity index is 1.66. The largest absolute Gasteiger partial charge is 0.493 e. The highest BCUT2D eigenvalue weighted by atomic mass is 32.2. The molecule has 1 amide bonds. The third kappa shape index (κ3) is 5.26. The van der Waals surface area contributed by atoms with E-state index in [1.54, 1.807) is 32.5 Å². The van der Waals surface area contributed by atoms with Crippen LogP contribution in [0.25, 0.3) is 0 Å². The van der Waals surface area contributed by atoms with E-state index in [0.717, 1.165) is 11.4 Å². The SMILES string of the molecule is CCn1c(Cc2ccc(OC)c(OC)c2)nnc1SCC(=O)Nc1ccccn1. The number of methoxy groups -OCH3 is 2. The van der Waals surface area contributed by atoms with Gasteiger partial charge in [0.05, 0.1) is 20.0 Å². The topological polar surface area (TPSA) is 91.2 Å². The van der Waals surface area contributed by atoms with E-state index in [4.69, 9.17) is 9.47 Å². The molecular weight excluding hydrogens is 390 g/mol. The molecule has 0 aliphatic rings. The van der Waals surface area contributed by atoms with E-state index in [-0.39, 0.29) is 11.7 Å². The van der Waals surface area contributed by atoms with Crippen LogP contribution in [-0.2, 0) is 17.8 Å². The van der Waals surface area contributed by atoms with Gasteiger partial charge in [0, 0.05) is 19.2 Å². The minimum atomic E-state index is -0.138. The van der Waals surface area contributed by atoms with Crippen LogP contribution in [0, 0.1) is 0 Å². The van der Waals surface area contributed by atoms with E-state index in [1.165, 1.54) is 11.8 Å². The monoisotopic (exact) mass is 413 g/mol. The quantitative estimate of drug-likeness (QED) is 0.539. The molecule has 1 aromatic carbocycles. The smallest absolute Gasteiger partial charge is 0.236 e. The number of thioether (sulfide) groups is 1. The van der Waals surface area contributed by atoms with Crippen LogP contribution in [0.5, 0.6) is 11.5 Å². The first-order valence-corrected chi connectivity index (χ1v) is 10.1. The number of amides is 1. The molecule has 2 heterocycles. The average Bonchev–Trinajstić information content (AvgIpc) is 3.14. The molecule has 0 aliphatic carbocycles. The van der Waals surface area contributed by atoms with Crippen molar-refractivity contribution in [2.75, 3.05) is 25.3 Å². The fourth-order valence-electron chi connectivity index (χ4n) is 2.79. The number of carbonyl (C=O) groups excluding carboxylic acids is 1. The van der Waals surface area contributed by atoms with Gasteiger partial charge in [0.25, 0.3) is 0 Å². The van der Waals surface area contributed by atoms with Gasteiger partial charge in [0.2, 0.25) is 5.91 Å². The lowest BCUT2D eigenvalue weighted by Crippen LogP contribution is -2.15. The van der Waals surface area contributed by atoms with Crippen LogP contribution < -0.4 is 14.8 Å². The van der Waals surface area contributed by atoms with E-state index < -0.39 is 0 Å². The first-order valence-electron chi connectivity index (χ1n) is 9.11. The van der Waals surface area contributed by atoms with Gasteiger partial charge in [-0.25, -0.2) is 4.98 Å². The molecular formula is C20H23N5O3S. The lowest BCUT2D eigenvalue weighted by molar-refractivity contribution is -0.113. The minimum Gasteiger partial charge on any atom is -0.493 e. The minimum absolute atomic E-state index is 0.138. The maximum atomic E-state index is 12.2. The molecule has 0 spiro atoms. The van der Waals surface area contributed by atoms with Crippen molar-refractivity contribution in [3.63, 3.8) is 0 Å². The molecule has 8 nitrogen and oxygen atoms in total. The summed E-state index contributed by atoms with van der Waals surface area (Å²) in [4.78, 5) is 16.3. The van der Waals surface area contributed by atoms with Crippen molar-refractivity contribution in [3.05, 3.63) is 54.0 Å². The fourth-order valence-corrected chi connectivity index (χ4v) is 3.61. The van der Waals surface area contributed by atoms with Crippen LogP contribution in [-0.4, -0.2) is 45.6 Å². The van der Waals surface area contributed by atoms with Gasteiger partial charge in [0.1, 0.15) is 11.6 Å². The normalized spacial score (nSPS) is 10.6. The van der Waals surface area contributed by atoms with Gasteiger partial charge in [-0.2, -0.15) is 0 Å². The predicted molar refractivity (Wildman–Crippen MR) is 112 cm³/mol. The number of benzene rings is 1. The predicted octanol–water partition coefficient (Wildman–Crippen LogP) is 3.03. The average molecular weight is 414 g/mol.